The number of hydrogen-bond acceptors (Lipinski definition) is 2. The van der Waals surface area contributed by atoms with E-state index in [-0.39, 0.29) is 0 Å². The number of hydrogen-bond donors (Lipinski definition) is 1. The largest absolute Gasteiger partial charge is 0.416 e. The summed E-state index contributed by atoms with van der Waals surface area (Å²) in [7, 11) is 0. The lowest BCUT2D eigenvalue weighted by molar-refractivity contribution is -0.137. The van der Waals surface area contributed by atoms with E-state index in [1.807, 2.05) is 35.9 Å². The first-order valence-corrected chi connectivity index (χ1v) is 10.9. The first-order valence-electron chi connectivity index (χ1n) is 10.9. The zero-order valence-corrected chi connectivity index (χ0v) is 18.7. The van der Waals surface area contributed by atoms with Gasteiger partial charge in [-0.05, 0) is 66.4 Å². The van der Waals surface area contributed by atoms with Gasteiger partial charge in [0.1, 0.15) is 5.82 Å². The van der Waals surface area contributed by atoms with Crippen molar-refractivity contribution in [2.24, 2.45) is 5.73 Å². The van der Waals surface area contributed by atoms with Crippen molar-refractivity contribution in [1.29, 1.82) is 0 Å². The molecule has 0 aliphatic heterocycles. The molecular formula is C28H24F3N3. The summed E-state index contributed by atoms with van der Waals surface area (Å²) < 4.78 is 40.7. The Labute approximate surface area is 197 Å². The summed E-state index contributed by atoms with van der Waals surface area (Å²) in [5.41, 5.74) is 11.3. The molecule has 0 amide bonds. The summed E-state index contributed by atoms with van der Waals surface area (Å²) in [6.07, 6.45) is 3.96. The van der Waals surface area contributed by atoms with Crippen molar-refractivity contribution in [3.63, 3.8) is 0 Å². The van der Waals surface area contributed by atoms with E-state index in [1.54, 1.807) is 0 Å². The van der Waals surface area contributed by atoms with E-state index in [2.05, 4.69) is 35.2 Å². The van der Waals surface area contributed by atoms with Gasteiger partial charge in [-0.2, -0.15) is 13.2 Å². The van der Waals surface area contributed by atoms with E-state index in [1.165, 1.54) is 17.7 Å². The van der Waals surface area contributed by atoms with E-state index in [4.69, 9.17) is 12.2 Å². The van der Waals surface area contributed by atoms with Gasteiger partial charge in [0.2, 0.25) is 0 Å². The average molecular weight is 460 g/mol. The molecule has 2 N–H and O–H groups in total. The van der Waals surface area contributed by atoms with Crippen molar-refractivity contribution in [2.45, 2.75) is 26.1 Å². The highest BCUT2D eigenvalue weighted by Crippen LogP contribution is 2.31. The maximum absolute atomic E-state index is 12.9. The third-order valence-corrected chi connectivity index (χ3v) is 5.79. The fraction of sp³-hybridized carbons (Fsp3) is 0.179. The molecule has 0 bridgehead atoms. The Morgan fingerprint density at radius 1 is 0.971 bits per heavy atom. The third kappa shape index (κ3) is 5.05. The van der Waals surface area contributed by atoms with Crippen LogP contribution in [0.15, 0.2) is 72.9 Å². The van der Waals surface area contributed by atoms with Crippen molar-refractivity contribution in [3.8, 4) is 34.7 Å². The van der Waals surface area contributed by atoms with Gasteiger partial charge in [-0.3, -0.25) is 0 Å². The fourth-order valence-corrected chi connectivity index (χ4v) is 3.93. The van der Waals surface area contributed by atoms with Crippen LogP contribution in [0.1, 0.15) is 28.1 Å². The van der Waals surface area contributed by atoms with E-state index in [0.29, 0.717) is 24.3 Å². The van der Waals surface area contributed by atoms with Gasteiger partial charge in [0, 0.05) is 23.9 Å². The number of nitrogens with two attached hydrogens (primary N) is 1. The smallest absolute Gasteiger partial charge is 0.330 e. The van der Waals surface area contributed by atoms with E-state index in [0.717, 1.165) is 46.6 Å². The summed E-state index contributed by atoms with van der Waals surface area (Å²) in [5, 5.41) is 0. The highest BCUT2D eigenvalue weighted by atomic mass is 19.4. The first-order chi connectivity index (χ1) is 16.3. The lowest BCUT2D eigenvalue weighted by Gasteiger charge is -2.13. The minimum Gasteiger partial charge on any atom is -0.330 e. The van der Waals surface area contributed by atoms with E-state index < -0.39 is 11.7 Å². The van der Waals surface area contributed by atoms with Gasteiger partial charge in [-0.1, -0.05) is 48.4 Å². The van der Waals surface area contributed by atoms with Crippen LogP contribution in [0.25, 0.3) is 22.4 Å². The second-order valence-electron chi connectivity index (χ2n) is 8.13. The Morgan fingerprint density at radius 3 is 2.26 bits per heavy atom. The highest BCUT2D eigenvalue weighted by molar-refractivity contribution is 5.69. The van der Waals surface area contributed by atoms with E-state index >= 15 is 0 Å². The molecule has 0 unspecified atom stereocenters. The van der Waals surface area contributed by atoms with Gasteiger partial charge in [-0.15, -0.1) is 6.42 Å². The van der Waals surface area contributed by atoms with Crippen LogP contribution < -0.4 is 5.73 Å². The fourth-order valence-electron chi connectivity index (χ4n) is 3.93. The van der Waals surface area contributed by atoms with Crippen LogP contribution in [-0.4, -0.2) is 16.1 Å². The molecule has 4 rings (SSSR count). The molecule has 1 aromatic heterocycles. The van der Waals surface area contributed by atoms with Gasteiger partial charge in [0.25, 0.3) is 0 Å². The first kappa shape index (κ1) is 23.3. The number of rotatable bonds is 6. The number of terminal acetylenes is 1. The average Bonchev–Trinajstić information content (AvgIpc) is 3.19. The van der Waals surface area contributed by atoms with Gasteiger partial charge >= 0.3 is 6.18 Å². The van der Waals surface area contributed by atoms with Gasteiger partial charge in [0.05, 0.1) is 11.3 Å². The van der Waals surface area contributed by atoms with Gasteiger partial charge in [0.15, 0.2) is 0 Å². The Kier molecular flexibility index (Phi) is 6.58. The summed E-state index contributed by atoms with van der Waals surface area (Å²) in [6.45, 7) is 3.00. The van der Waals surface area contributed by atoms with Crippen molar-refractivity contribution in [3.05, 3.63) is 101 Å². The molecule has 1 heterocycles. The SMILES string of the molecule is C#Cc1ccc(-c2ccc(CCN)cc2)c(Cn2cc(-c3ccc(C(F)(F)F)cc3)nc2C)c1. The number of alkyl halides is 3. The van der Waals surface area contributed by atoms with Crippen molar-refractivity contribution >= 4 is 0 Å². The molecule has 4 aromatic rings. The minimum absolute atomic E-state index is 0.523. The number of nitrogens with zero attached hydrogens (tertiary/aromatic N) is 2. The maximum atomic E-state index is 12.9. The monoisotopic (exact) mass is 459 g/mol. The molecule has 0 radical (unpaired) electrons. The predicted octanol–water partition coefficient (Wildman–Crippen LogP) is 6.08. The van der Waals surface area contributed by atoms with Gasteiger partial charge < -0.3 is 10.3 Å². The summed E-state index contributed by atoms with van der Waals surface area (Å²) in [5.74, 6) is 3.44. The van der Waals surface area contributed by atoms with E-state index in [9.17, 15) is 13.2 Å². The van der Waals surface area contributed by atoms with Crippen LogP contribution in [0.5, 0.6) is 0 Å². The highest BCUT2D eigenvalue weighted by Gasteiger charge is 2.30. The van der Waals surface area contributed by atoms with Crippen LogP contribution in [0, 0.1) is 19.3 Å². The summed E-state index contributed by atoms with van der Waals surface area (Å²) in [6, 6.07) is 19.3. The number of aromatic nitrogens is 2. The molecule has 0 aliphatic carbocycles. The van der Waals surface area contributed by atoms with Crippen molar-refractivity contribution in [2.75, 3.05) is 6.54 Å². The Bertz CT molecular complexity index is 1330. The van der Waals surface area contributed by atoms with Crippen LogP contribution in [0.3, 0.4) is 0 Å². The Balaban J connectivity index is 1.66. The Morgan fingerprint density at radius 2 is 1.65 bits per heavy atom. The number of aryl methyl sites for hydroxylation is 1. The Hall–Kier alpha value is -3.82. The number of benzene rings is 3. The van der Waals surface area contributed by atoms with Crippen LogP contribution in [-0.2, 0) is 19.1 Å². The van der Waals surface area contributed by atoms with Crippen molar-refractivity contribution in [1.82, 2.24) is 9.55 Å². The molecule has 0 saturated heterocycles. The topological polar surface area (TPSA) is 43.8 Å². The molecule has 6 heteroatoms. The molecule has 0 spiro atoms. The molecule has 0 atom stereocenters. The minimum atomic E-state index is -4.37. The van der Waals surface area contributed by atoms with Crippen LogP contribution in [0.2, 0.25) is 0 Å². The normalized spacial score (nSPS) is 11.4. The molecular weight excluding hydrogens is 435 g/mol. The molecule has 34 heavy (non-hydrogen) atoms. The molecule has 0 aliphatic rings. The third-order valence-electron chi connectivity index (χ3n) is 5.79. The van der Waals surface area contributed by atoms with Gasteiger partial charge in [-0.25, -0.2) is 4.98 Å². The second kappa shape index (κ2) is 9.58. The summed E-state index contributed by atoms with van der Waals surface area (Å²) in [4.78, 5) is 4.58. The maximum Gasteiger partial charge on any atom is 0.416 e. The molecule has 3 aromatic carbocycles. The lowest BCUT2D eigenvalue weighted by Crippen LogP contribution is -2.04. The summed E-state index contributed by atoms with van der Waals surface area (Å²) >= 11 is 0. The quantitative estimate of drug-likeness (QED) is 0.356. The van der Waals surface area contributed by atoms with Crippen molar-refractivity contribution < 1.29 is 13.2 Å². The standard InChI is InChI=1S/C28H24F3N3/c1-3-20-6-13-26(22-7-4-21(5-8-22)14-15-32)24(16-20)17-34-18-27(33-19(34)2)23-9-11-25(12-10-23)28(29,30)31/h1,4-13,16,18H,14-15,17,32H2,2H3. The molecule has 3 nitrogen and oxygen atoms in total. The van der Waals surface area contributed by atoms with Crippen LogP contribution in [0.4, 0.5) is 13.2 Å². The predicted molar refractivity (Wildman–Crippen MR) is 129 cm³/mol. The number of halogens is 3. The zero-order chi connectivity index (χ0) is 24.3. The zero-order valence-electron chi connectivity index (χ0n) is 18.7. The molecule has 172 valence electrons. The lowest BCUT2D eigenvalue weighted by atomic mass is 9.96. The van der Waals surface area contributed by atoms with Crippen LogP contribution >= 0.6 is 0 Å². The molecule has 0 saturated carbocycles. The number of imidazole rings is 1. The molecule has 0 fully saturated rings. The second-order valence-corrected chi connectivity index (χ2v) is 8.13.